The lowest BCUT2D eigenvalue weighted by molar-refractivity contribution is -0.145. The zero-order valence-corrected chi connectivity index (χ0v) is 26.2. The second-order valence-electron chi connectivity index (χ2n) is 12.3. The van der Waals surface area contributed by atoms with E-state index >= 15 is 4.11 Å². The van der Waals surface area contributed by atoms with E-state index in [0.29, 0.717) is 42.1 Å². The molecule has 2 amide bonds. The molecule has 0 bridgehead atoms. The Morgan fingerprint density at radius 1 is 1.23 bits per heavy atom. The number of nitrogens with zero attached hydrogens (tertiary/aromatic N) is 5. The van der Waals surface area contributed by atoms with Crippen molar-refractivity contribution in [2.24, 2.45) is 5.92 Å². The summed E-state index contributed by atoms with van der Waals surface area (Å²) in [5, 5.41) is 18.7. The normalized spacial score (nSPS) is 25.5. The number of anilines is 2. The Hall–Kier alpha value is -3.87. The van der Waals surface area contributed by atoms with Gasteiger partial charge in [-0.2, -0.15) is 0 Å². The maximum atomic E-state index is 16.2. The minimum absolute atomic E-state index is 0.113. The number of fused-ring (bicyclic) bond motifs is 2. The topological polar surface area (TPSA) is 110 Å². The zero-order chi connectivity index (χ0) is 31.2. The van der Waals surface area contributed by atoms with Crippen molar-refractivity contribution in [3.05, 3.63) is 84.2 Å². The van der Waals surface area contributed by atoms with Crippen LogP contribution in [0.3, 0.4) is 0 Å². The lowest BCUT2D eigenvalue weighted by atomic mass is 9.82. The van der Waals surface area contributed by atoms with Crippen LogP contribution < -0.4 is 9.80 Å². The molecule has 0 radical (unpaired) electrons. The van der Waals surface area contributed by atoms with Crippen LogP contribution in [0.15, 0.2) is 67.4 Å². The maximum Gasteiger partial charge on any atom is 0.414 e. The Balaban J connectivity index is 1.32. The molecular formula is C32H38FN5O5Si. The minimum Gasteiger partial charge on any atom is -0.447 e. The molecule has 232 valence electrons. The van der Waals surface area contributed by atoms with Crippen LogP contribution in [-0.4, -0.2) is 72.9 Å². The monoisotopic (exact) mass is 619 g/mol. The highest BCUT2D eigenvalue weighted by atomic mass is 28.4. The first kappa shape index (κ1) is 30.2. The molecular weight excluding hydrogens is 581 g/mol. The third-order valence-corrected chi connectivity index (χ3v) is 11.7. The van der Waals surface area contributed by atoms with Gasteiger partial charge < -0.3 is 23.6 Å². The van der Waals surface area contributed by atoms with Gasteiger partial charge >= 0.3 is 6.09 Å². The standard InChI is InChI=1S/C32H38FN5O5Si/c1-5-14-38-27-12-11-23(37-16-17-42-31(37)41)18-25(27)32(30(38)40)21(2)29(44(3,4)33)28(43-32)13-15-36-19-26(34-35-36)24(20-39)22-9-7-6-8-10-22/h5-12,18-19,21,24,28-29,39H,1,13-17,20H2,2-4H3/t21-,24?,28+,29-,32+/m1/s1. The maximum absolute atomic E-state index is 16.2. The molecule has 1 spiro atoms. The Morgan fingerprint density at radius 2 is 2.00 bits per heavy atom. The van der Waals surface area contributed by atoms with Crippen LogP contribution in [-0.2, 0) is 26.4 Å². The Kier molecular flexibility index (Phi) is 7.93. The van der Waals surface area contributed by atoms with Crippen molar-refractivity contribution in [2.75, 3.05) is 36.1 Å². The number of hydrogen-bond acceptors (Lipinski definition) is 7. The Morgan fingerprint density at radius 3 is 2.66 bits per heavy atom. The number of ether oxygens (including phenoxy) is 2. The SMILES string of the molecule is C=CCN1C(=O)[C@@]2(O[C@@H](CCn3cc(C(CO)c4ccccc4)nn3)[C@H]([Si](C)(C)F)[C@H]2C)c2cc(N3CCOC3=O)ccc21. The molecule has 5 atom stereocenters. The molecule has 6 rings (SSSR count). The van der Waals surface area contributed by atoms with E-state index in [1.54, 1.807) is 41.0 Å². The van der Waals surface area contributed by atoms with Gasteiger partial charge in [-0.05, 0) is 43.3 Å². The summed E-state index contributed by atoms with van der Waals surface area (Å²) in [4.78, 5) is 29.9. The average molecular weight is 620 g/mol. The molecule has 2 fully saturated rings. The number of aliphatic hydroxyl groups excluding tert-OH is 1. The van der Waals surface area contributed by atoms with Crippen LogP contribution in [0.5, 0.6) is 0 Å². The summed E-state index contributed by atoms with van der Waals surface area (Å²) in [6, 6.07) is 15.1. The lowest BCUT2D eigenvalue weighted by Gasteiger charge is -2.31. The highest BCUT2D eigenvalue weighted by Crippen LogP contribution is 2.60. The van der Waals surface area contributed by atoms with Crippen LogP contribution in [0.2, 0.25) is 18.6 Å². The summed E-state index contributed by atoms with van der Waals surface area (Å²) in [6.07, 6.45) is 2.87. The number of halogens is 1. The third kappa shape index (κ3) is 4.94. The number of rotatable bonds is 10. The number of aryl methyl sites for hydroxylation is 1. The molecule has 2 aromatic carbocycles. The second kappa shape index (κ2) is 11.6. The van der Waals surface area contributed by atoms with Crippen molar-refractivity contribution < 1.29 is 28.3 Å². The number of carbonyl (C=O) groups excluding carboxylic acids is 2. The number of aromatic nitrogens is 3. The van der Waals surface area contributed by atoms with Crippen molar-refractivity contribution >= 4 is 31.8 Å². The minimum atomic E-state index is -3.36. The summed E-state index contributed by atoms with van der Waals surface area (Å²) in [5.41, 5.74) is 1.60. The predicted molar refractivity (Wildman–Crippen MR) is 166 cm³/mol. The summed E-state index contributed by atoms with van der Waals surface area (Å²) in [7, 11) is -3.36. The van der Waals surface area contributed by atoms with Crippen LogP contribution in [0.1, 0.15) is 36.1 Å². The number of amides is 2. The fourth-order valence-corrected chi connectivity index (χ4v) is 9.85. The van der Waals surface area contributed by atoms with Crippen LogP contribution >= 0.6 is 0 Å². The summed E-state index contributed by atoms with van der Waals surface area (Å²) >= 11 is 0. The average Bonchev–Trinajstić information content (AvgIpc) is 3.76. The van der Waals surface area contributed by atoms with Gasteiger partial charge in [-0.1, -0.05) is 48.5 Å². The van der Waals surface area contributed by atoms with Gasteiger partial charge in [0.15, 0.2) is 5.60 Å². The first-order chi connectivity index (χ1) is 21.1. The van der Waals surface area contributed by atoms with Crippen LogP contribution in [0.25, 0.3) is 0 Å². The van der Waals surface area contributed by atoms with Crippen LogP contribution in [0.4, 0.5) is 20.3 Å². The number of benzene rings is 2. The highest BCUT2D eigenvalue weighted by Gasteiger charge is 2.66. The fourth-order valence-electron chi connectivity index (χ4n) is 7.31. The van der Waals surface area contributed by atoms with Gasteiger partial charge in [0.2, 0.25) is 8.41 Å². The van der Waals surface area contributed by atoms with Gasteiger partial charge in [0.1, 0.15) is 6.61 Å². The van der Waals surface area contributed by atoms with Crippen molar-refractivity contribution in [2.45, 2.75) is 56.1 Å². The third-order valence-electron chi connectivity index (χ3n) is 9.27. The first-order valence-electron chi connectivity index (χ1n) is 15.0. The van der Waals surface area contributed by atoms with Gasteiger partial charge in [0, 0.05) is 42.0 Å². The van der Waals surface area contributed by atoms with Gasteiger partial charge in [-0.15, -0.1) is 11.7 Å². The van der Waals surface area contributed by atoms with Crippen LogP contribution in [0, 0.1) is 5.92 Å². The van der Waals surface area contributed by atoms with E-state index in [1.165, 1.54) is 4.90 Å². The van der Waals surface area contributed by atoms with Gasteiger partial charge in [-0.25, -0.2) is 4.79 Å². The van der Waals surface area contributed by atoms with E-state index in [1.807, 2.05) is 49.4 Å². The van der Waals surface area contributed by atoms with E-state index in [9.17, 15) is 14.7 Å². The predicted octanol–water partition coefficient (Wildman–Crippen LogP) is 4.76. The molecule has 1 aromatic heterocycles. The number of cyclic esters (lactones) is 1. The molecule has 1 unspecified atom stereocenters. The smallest absolute Gasteiger partial charge is 0.414 e. The van der Waals surface area contributed by atoms with Crippen molar-refractivity contribution in [1.82, 2.24) is 15.0 Å². The molecule has 3 aromatic rings. The second-order valence-corrected chi connectivity index (χ2v) is 16.1. The van der Waals surface area contributed by atoms with Gasteiger partial charge in [-0.3, -0.25) is 14.4 Å². The molecule has 2 saturated heterocycles. The molecule has 1 N–H and O–H groups in total. The summed E-state index contributed by atoms with van der Waals surface area (Å²) in [5.74, 6) is -1.03. The van der Waals surface area contributed by atoms with Crippen molar-refractivity contribution in [1.29, 1.82) is 0 Å². The Bertz CT molecular complexity index is 1560. The molecule has 12 heteroatoms. The fraction of sp³-hybridized carbons (Fsp3) is 0.438. The molecule has 0 aliphatic carbocycles. The molecule has 0 saturated carbocycles. The molecule has 3 aliphatic heterocycles. The highest BCUT2D eigenvalue weighted by molar-refractivity contribution is 6.72. The largest absolute Gasteiger partial charge is 0.447 e. The number of carbonyl (C=O) groups is 2. The molecule has 44 heavy (non-hydrogen) atoms. The first-order valence-corrected chi connectivity index (χ1v) is 18.0. The van der Waals surface area contributed by atoms with E-state index in [-0.39, 0.29) is 31.6 Å². The number of aliphatic hydroxyl groups is 1. The molecule has 10 nitrogen and oxygen atoms in total. The number of hydrogen-bond donors (Lipinski definition) is 1. The van der Waals surface area contributed by atoms with E-state index in [4.69, 9.17) is 9.47 Å². The van der Waals surface area contributed by atoms with Crippen molar-refractivity contribution in [3.8, 4) is 0 Å². The van der Waals surface area contributed by atoms with Gasteiger partial charge in [0.05, 0.1) is 36.6 Å². The lowest BCUT2D eigenvalue weighted by Crippen LogP contribution is -2.45. The van der Waals surface area contributed by atoms with Crippen molar-refractivity contribution in [3.63, 3.8) is 0 Å². The molecule has 4 heterocycles. The van der Waals surface area contributed by atoms with E-state index < -0.39 is 37.7 Å². The summed E-state index contributed by atoms with van der Waals surface area (Å²) < 4.78 is 29.9. The quantitative estimate of drug-likeness (QED) is 0.198. The Labute approximate surface area is 257 Å². The van der Waals surface area contributed by atoms with E-state index in [0.717, 1.165) is 5.56 Å². The molecule has 3 aliphatic rings. The van der Waals surface area contributed by atoms with Gasteiger partial charge in [0.25, 0.3) is 5.91 Å². The van der Waals surface area contributed by atoms with E-state index in [2.05, 4.69) is 16.9 Å². The zero-order valence-electron chi connectivity index (χ0n) is 25.2. The summed E-state index contributed by atoms with van der Waals surface area (Å²) in [6.45, 7) is 10.3.